The van der Waals surface area contributed by atoms with E-state index in [1.807, 2.05) is 18.2 Å². The summed E-state index contributed by atoms with van der Waals surface area (Å²) in [6, 6.07) is 5.35. The highest BCUT2D eigenvalue weighted by molar-refractivity contribution is 6.05. The SMILES string of the molecule is CN(CCCN)CCCNCc1ccc2c(c1)C(=O)N(C1CCC(=O)NC1=O)C2. The van der Waals surface area contributed by atoms with Crippen molar-refractivity contribution in [2.45, 2.75) is 44.8 Å². The second kappa shape index (κ2) is 9.96. The number of nitrogens with two attached hydrogens (primary N) is 1. The van der Waals surface area contributed by atoms with Gasteiger partial charge in [-0.15, -0.1) is 0 Å². The van der Waals surface area contributed by atoms with Gasteiger partial charge in [-0.1, -0.05) is 12.1 Å². The first kappa shape index (κ1) is 21.4. The van der Waals surface area contributed by atoms with E-state index >= 15 is 0 Å². The minimum Gasteiger partial charge on any atom is -0.330 e. The maximum atomic E-state index is 12.8. The number of nitrogens with one attached hydrogen (secondary N) is 2. The standard InChI is InChI=1S/C21H31N5O3/c1-25(10-2-8-22)11-3-9-23-13-15-4-5-16-14-26(21(29)17(16)12-15)18-6-7-19(27)24-20(18)28/h4-5,12,18,23H,2-3,6-11,13-14,22H2,1H3,(H,24,27,28). The van der Waals surface area contributed by atoms with Gasteiger partial charge in [0.1, 0.15) is 6.04 Å². The molecule has 2 heterocycles. The molecule has 4 N–H and O–H groups in total. The predicted octanol–water partition coefficient (Wildman–Crippen LogP) is 0.208. The second-order valence-electron chi connectivity index (χ2n) is 7.87. The van der Waals surface area contributed by atoms with Gasteiger partial charge in [-0.2, -0.15) is 0 Å². The van der Waals surface area contributed by atoms with E-state index in [9.17, 15) is 14.4 Å². The summed E-state index contributed by atoms with van der Waals surface area (Å²) in [4.78, 5) is 40.2. The summed E-state index contributed by atoms with van der Waals surface area (Å²) in [6.45, 7) is 4.79. The molecule has 2 aliphatic heterocycles. The third-order valence-corrected chi connectivity index (χ3v) is 5.56. The fraction of sp³-hybridized carbons (Fsp3) is 0.571. The molecule has 3 amide bonds. The van der Waals surface area contributed by atoms with Crippen LogP contribution >= 0.6 is 0 Å². The molecule has 8 heteroatoms. The Morgan fingerprint density at radius 3 is 2.79 bits per heavy atom. The Balaban J connectivity index is 1.49. The summed E-state index contributed by atoms with van der Waals surface area (Å²) in [5.74, 6) is -0.770. The van der Waals surface area contributed by atoms with Crippen LogP contribution < -0.4 is 16.4 Å². The molecule has 1 fully saturated rings. The number of hydrogen-bond donors (Lipinski definition) is 3. The number of carbonyl (C=O) groups excluding carboxylic acids is 3. The largest absolute Gasteiger partial charge is 0.330 e. The van der Waals surface area contributed by atoms with Crippen LogP contribution in [0.3, 0.4) is 0 Å². The van der Waals surface area contributed by atoms with Crippen molar-refractivity contribution in [2.75, 3.05) is 33.2 Å². The zero-order valence-corrected chi connectivity index (χ0v) is 17.1. The summed E-state index contributed by atoms with van der Waals surface area (Å²) in [5, 5.41) is 5.76. The van der Waals surface area contributed by atoms with Gasteiger partial charge < -0.3 is 20.9 Å². The fourth-order valence-electron chi connectivity index (χ4n) is 3.89. The van der Waals surface area contributed by atoms with E-state index in [-0.39, 0.29) is 24.1 Å². The predicted molar refractivity (Wildman–Crippen MR) is 110 cm³/mol. The third-order valence-electron chi connectivity index (χ3n) is 5.56. The maximum Gasteiger partial charge on any atom is 0.255 e. The number of piperidine rings is 1. The molecule has 2 aliphatic rings. The van der Waals surface area contributed by atoms with E-state index < -0.39 is 6.04 Å². The summed E-state index contributed by atoms with van der Waals surface area (Å²) >= 11 is 0. The van der Waals surface area contributed by atoms with Gasteiger partial charge in [0.15, 0.2) is 0 Å². The Hall–Kier alpha value is -2.29. The molecular weight excluding hydrogens is 370 g/mol. The van der Waals surface area contributed by atoms with E-state index in [1.165, 1.54) is 0 Å². The zero-order valence-electron chi connectivity index (χ0n) is 17.1. The molecule has 0 aromatic heterocycles. The number of nitrogens with zero attached hydrogens (tertiary/aromatic N) is 2. The molecule has 0 bridgehead atoms. The van der Waals surface area contributed by atoms with Crippen LogP contribution in [0, 0.1) is 0 Å². The molecule has 3 rings (SSSR count). The summed E-state index contributed by atoms with van der Waals surface area (Å²) in [6.07, 6.45) is 2.73. The van der Waals surface area contributed by atoms with Crippen molar-refractivity contribution in [2.24, 2.45) is 5.73 Å². The molecule has 1 aromatic carbocycles. The van der Waals surface area contributed by atoms with Crippen LogP contribution in [0.15, 0.2) is 18.2 Å². The van der Waals surface area contributed by atoms with E-state index in [4.69, 9.17) is 5.73 Å². The van der Waals surface area contributed by atoms with E-state index in [0.29, 0.717) is 25.1 Å². The summed E-state index contributed by atoms with van der Waals surface area (Å²) in [5.41, 5.74) is 8.18. The maximum absolute atomic E-state index is 12.8. The lowest BCUT2D eigenvalue weighted by molar-refractivity contribution is -0.136. The zero-order chi connectivity index (χ0) is 20.8. The minimum absolute atomic E-state index is 0.127. The average molecular weight is 402 g/mol. The number of carbonyl (C=O) groups is 3. The first-order chi connectivity index (χ1) is 14.0. The topological polar surface area (TPSA) is 108 Å². The molecule has 158 valence electrons. The molecule has 0 spiro atoms. The highest BCUT2D eigenvalue weighted by atomic mass is 16.2. The van der Waals surface area contributed by atoms with Crippen LogP contribution in [0.2, 0.25) is 0 Å². The van der Waals surface area contributed by atoms with Crippen molar-refractivity contribution < 1.29 is 14.4 Å². The average Bonchev–Trinajstić information content (AvgIpc) is 3.02. The summed E-state index contributed by atoms with van der Waals surface area (Å²) in [7, 11) is 2.11. The molecular formula is C21H31N5O3. The Bertz CT molecular complexity index is 767. The van der Waals surface area contributed by atoms with E-state index in [0.717, 1.165) is 50.1 Å². The number of amides is 3. The lowest BCUT2D eigenvalue weighted by atomic mass is 10.0. The van der Waals surface area contributed by atoms with Crippen molar-refractivity contribution in [3.63, 3.8) is 0 Å². The highest BCUT2D eigenvalue weighted by Gasteiger charge is 2.38. The van der Waals surface area contributed by atoms with Crippen LogP contribution in [0.5, 0.6) is 0 Å². The lowest BCUT2D eigenvalue weighted by Gasteiger charge is -2.29. The molecule has 1 aromatic rings. The van der Waals surface area contributed by atoms with Gasteiger partial charge in [0.25, 0.3) is 5.91 Å². The van der Waals surface area contributed by atoms with Crippen molar-refractivity contribution >= 4 is 17.7 Å². The van der Waals surface area contributed by atoms with Crippen LogP contribution in [-0.4, -0.2) is 66.8 Å². The minimum atomic E-state index is -0.564. The second-order valence-corrected chi connectivity index (χ2v) is 7.87. The van der Waals surface area contributed by atoms with Crippen molar-refractivity contribution in [1.82, 2.24) is 20.4 Å². The van der Waals surface area contributed by atoms with Crippen LogP contribution in [-0.2, 0) is 22.7 Å². The number of rotatable bonds is 10. The van der Waals surface area contributed by atoms with E-state index in [1.54, 1.807) is 4.90 Å². The van der Waals surface area contributed by atoms with Gasteiger partial charge in [-0.3, -0.25) is 19.7 Å². The Morgan fingerprint density at radius 2 is 2.03 bits per heavy atom. The normalized spacial score (nSPS) is 19.1. The first-order valence-electron chi connectivity index (χ1n) is 10.4. The Labute approximate surface area is 171 Å². The molecule has 1 saturated heterocycles. The van der Waals surface area contributed by atoms with Crippen LogP contribution in [0.25, 0.3) is 0 Å². The molecule has 29 heavy (non-hydrogen) atoms. The third kappa shape index (κ3) is 5.41. The quantitative estimate of drug-likeness (QED) is 0.382. The van der Waals surface area contributed by atoms with Crippen molar-refractivity contribution in [3.8, 4) is 0 Å². The van der Waals surface area contributed by atoms with Gasteiger partial charge in [-0.25, -0.2) is 0 Å². The first-order valence-corrected chi connectivity index (χ1v) is 10.4. The van der Waals surface area contributed by atoms with Crippen molar-refractivity contribution in [1.29, 1.82) is 0 Å². The lowest BCUT2D eigenvalue weighted by Crippen LogP contribution is -2.52. The van der Waals surface area contributed by atoms with Gasteiger partial charge >= 0.3 is 0 Å². The van der Waals surface area contributed by atoms with Gasteiger partial charge in [0, 0.05) is 25.1 Å². The van der Waals surface area contributed by atoms with Crippen LogP contribution in [0.1, 0.15) is 47.2 Å². The number of imide groups is 1. The Kier molecular flexibility index (Phi) is 7.35. The molecule has 0 aliphatic carbocycles. The van der Waals surface area contributed by atoms with Crippen molar-refractivity contribution in [3.05, 3.63) is 34.9 Å². The molecule has 0 saturated carbocycles. The number of hydrogen-bond acceptors (Lipinski definition) is 6. The number of fused-ring (bicyclic) bond motifs is 1. The summed E-state index contributed by atoms with van der Waals surface area (Å²) < 4.78 is 0. The van der Waals surface area contributed by atoms with Gasteiger partial charge in [-0.05, 0) is 69.7 Å². The number of benzene rings is 1. The highest BCUT2D eigenvalue weighted by Crippen LogP contribution is 2.28. The fourth-order valence-corrected chi connectivity index (χ4v) is 3.89. The smallest absolute Gasteiger partial charge is 0.255 e. The van der Waals surface area contributed by atoms with Gasteiger partial charge in [0.2, 0.25) is 11.8 Å². The Morgan fingerprint density at radius 1 is 1.24 bits per heavy atom. The van der Waals surface area contributed by atoms with E-state index in [2.05, 4.69) is 22.6 Å². The monoisotopic (exact) mass is 401 g/mol. The molecule has 1 atom stereocenters. The van der Waals surface area contributed by atoms with Gasteiger partial charge in [0.05, 0.1) is 0 Å². The van der Waals surface area contributed by atoms with Crippen LogP contribution in [0.4, 0.5) is 0 Å². The molecule has 8 nitrogen and oxygen atoms in total. The molecule has 1 unspecified atom stereocenters. The molecule has 0 radical (unpaired) electrons.